The van der Waals surface area contributed by atoms with Crippen LogP contribution in [-0.2, 0) is 9.53 Å². The summed E-state index contributed by atoms with van der Waals surface area (Å²) in [7, 11) is -1.17. The molecule has 24 heavy (non-hydrogen) atoms. The molecular weight excluding hydrogens is 312 g/mol. The van der Waals surface area contributed by atoms with Gasteiger partial charge in [-0.1, -0.05) is 33.5 Å². The lowest BCUT2D eigenvalue weighted by atomic mass is 9.62. The lowest BCUT2D eigenvalue weighted by Crippen LogP contribution is -2.41. The fraction of sp³-hybridized carbons (Fsp3) is 0.952. The van der Waals surface area contributed by atoms with Gasteiger partial charge in [-0.2, -0.15) is 0 Å². The maximum Gasteiger partial charge on any atom is 0.309 e. The van der Waals surface area contributed by atoms with Gasteiger partial charge in [-0.3, -0.25) is 4.79 Å². The van der Waals surface area contributed by atoms with E-state index in [-0.39, 0.29) is 18.0 Å². The van der Waals surface area contributed by atoms with Gasteiger partial charge in [-0.05, 0) is 79.6 Å². The van der Waals surface area contributed by atoms with Gasteiger partial charge in [0.2, 0.25) is 0 Å². The van der Waals surface area contributed by atoms with Crippen LogP contribution in [0.4, 0.5) is 0 Å². The molecule has 0 aromatic heterocycles. The van der Waals surface area contributed by atoms with E-state index in [2.05, 4.69) is 40.4 Å². The molecule has 4 aliphatic rings. The molecule has 0 radical (unpaired) electrons. The molecule has 0 heterocycles. The third-order valence-corrected chi connectivity index (χ3v) is 10.2. The molecule has 0 saturated heterocycles. The third kappa shape index (κ3) is 2.52. The third-order valence-electron chi connectivity index (χ3n) is 8.36. The minimum absolute atomic E-state index is 0.109. The van der Waals surface area contributed by atoms with Crippen molar-refractivity contribution in [2.75, 3.05) is 0 Å². The first kappa shape index (κ1) is 17.1. The van der Waals surface area contributed by atoms with Crippen LogP contribution in [0.1, 0.15) is 40.0 Å². The Morgan fingerprint density at radius 1 is 1.00 bits per heavy atom. The number of hydrogen-bond acceptors (Lipinski definition) is 2. The Balaban J connectivity index is 1.43. The van der Waals surface area contributed by atoms with Crippen LogP contribution in [0.3, 0.4) is 0 Å². The van der Waals surface area contributed by atoms with E-state index in [0.29, 0.717) is 5.92 Å². The van der Waals surface area contributed by atoms with Gasteiger partial charge in [0.1, 0.15) is 0 Å². The lowest BCUT2D eigenvalue weighted by molar-refractivity contribution is -0.156. The number of fused-ring (bicyclic) bond motifs is 9. The predicted octanol–water partition coefficient (Wildman–Crippen LogP) is 5.07. The predicted molar refractivity (Wildman–Crippen MR) is 100 cm³/mol. The molecule has 0 aliphatic heterocycles. The summed E-state index contributed by atoms with van der Waals surface area (Å²) in [5.41, 5.74) is 0. The highest BCUT2D eigenvalue weighted by Crippen LogP contribution is 2.71. The summed E-state index contributed by atoms with van der Waals surface area (Å²) in [6.45, 7) is 14.1. The summed E-state index contributed by atoms with van der Waals surface area (Å²) >= 11 is 0. The van der Waals surface area contributed by atoms with Crippen molar-refractivity contribution in [3.63, 3.8) is 0 Å². The molecule has 4 fully saturated rings. The number of ether oxygens (including phenoxy) is 1. The van der Waals surface area contributed by atoms with Crippen LogP contribution in [0.15, 0.2) is 0 Å². The van der Waals surface area contributed by atoms with Crippen molar-refractivity contribution < 1.29 is 9.53 Å². The lowest BCUT2D eigenvalue weighted by Gasteiger charge is -2.43. The Hall–Kier alpha value is -0.313. The van der Waals surface area contributed by atoms with Gasteiger partial charge < -0.3 is 4.74 Å². The highest BCUT2D eigenvalue weighted by molar-refractivity contribution is 6.76. The zero-order chi connectivity index (χ0) is 17.4. The maximum absolute atomic E-state index is 12.9. The van der Waals surface area contributed by atoms with E-state index < -0.39 is 8.07 Å². The molecule has 10 unspecified atom stereocenters. The van der Waals surface area contributed by atoms with E-state index in [1.807, 2.05) is 0 Å². The second-order valence-corrected chi connectivity index (χ2v) is 16.5. The van der Waals surface area contributed by atoms with Crippen LogP contribution in [0.2, 0.25) is 25.7 Å². The van der Waals surface area contributed by atoms with Crippen LogP contribution < -0.4 is 0 Å². The van der Waals surface area contributed by atoms with Crippen molar-refractivity contribution in [3.8, 4) is 0 Å². The van der Waals surface area contributed by atoms with Gasteiger partial charge in [0.05, 0.1) is 12.0 Å². The van der Waals surface area contributed by atoms with E-state index in [1.54, 1.807) is 0 Å². The molecule has 4 saturated carbocycles. The number of esters is 1. The topological polar surface area (TPSA) is 26.3 Å². The van der Waals surface area contributed by atoms with Gasteiger partial charge in [-0.15, -0.1) is 0 Å². The van der Waals surface area contributed by atoms with Crippen LogP contribution in [0.5, 0.6) is 0 Å². The van der Waals surface area contributed by atoms with Gasteiger partial charge in [0.25, 0.3) is 0 Å². The fourth-order valence-electron chi connectivity index (χ4n) is 7.69. The van der Waals surface area contributed by atoms with Crippen molar-refractivity contribution in [2.45, 2.75) is 71.8 Å². The molecular formula is C21H36O2Si. The molecule has 0 aromatic carbocycles. The number of carbonyl (C=O) groups excluding carboxylic acids is 1. The molecule has 4 rings (SSSR count). The highest BCUT2D eigenvalue weighted by Gasteiger charge is 2.66. The van der Waals surface area contributed by atoms with Crippen molar-refractivity contribution in [3.05, 3.63) is 0 Å². The Bertz CT molecular complexity index is 524. The first-order valence-electron chi connectivity index (χ1n) is 10.4. The van der Waals surface area contributed by atoms with Crippen LogP contribution in [0.25, 0.3) is 0 Å². The first-order valence-corrected chi connectivity index (χ1v) is 14.1. The number of rotatable bonds is 4. The quantitative estimate of drug-likeness (QED) is 0.403. The molecule has 136 valence electrons. The molecule has 0 spiro atoms. The van der Waals surface area contributed by atoms with Crippen LogP contribution in [-0.4, -0.2) is 20.1 Å². The summed E-state index contributed by atoms with van der Waals surface area (Å²) in [6.07, 6.45) is 4.02. The van der Waals surface area contributed by atoms with E-state index in [9.17, 15) is 4.79 Å². The zero-order valence-corrected chi connectivity index (χ0v) is 17.4. The van der Waals surface area contributed by atoms with Crippen molar-refractivity contribution in [1.82, 2.24) is 0 Å². The number of hydrogen-bond donors (Lipinski definition) is 0. The molecule has 0 amide bonds. The van der Waals surface area contributed by atoms with Gasteiger partial charge >= 0.3 is 5.97 Å². The Kier molecular flexibility index (Phi) is 3.99. The van der Waals surface area contributed by atoms with E-state index in [0.717, 1.165) is 53.9 Å². The second-order valence-electron chi connectivity index (χ2n) is 11.0. The SMILES string of the molecule is CC(C[Si](C)(C)C)OC(=O)C1CC2CC1C1C3CC(C(C)C3C)C21. The van der Waals surface area contributed by atoms with E-state index in [4.69, 9.17) is 4.74 Å². The normalized spacial score (nSPS) is 50.2. The van der Waals surface area contributed by atoms with Crippen molar-refractivity contribution >= 4 is 14.0 Å². The summed E-state index contributed by atoms with van der Waals surface area (Å²) in [5, 5.41) is 0. The Morgan fingerprint density at radius 3 is 2.25 bits per heavy atom. The maximum atomic E-state index is 12.9. The first-order chi connectivity index (χ1) is 11.2. The van der Waals surface area contributed by atoms with Gasteiger partial charge in [0, 0.05) is 8.07 Å². The van der Waals surface area contributed by atoms with Crippen LogP contribution in [0, 0.1) is 53.3 Å². The largest absolute Gasteiger partial charge is 0.463 e. The minimum atomic E-state index is -1.17. The molecule has 0 aromatic rings. The average molecular weight is 349 g/mol. The number of carbonyl (C=O) groups is 1. The van der Waals surface area contributed by atoms with Gasteiger partial charge in [0.15, 0.2) is 0 Å². The minimum Gasteiger partial charge on any atom is -0.463 e. The zero-order valence-electron chi connectivity index (χ0n) is 16.4. The summed E-state index contributed by atoms with van der Waals surface area (Å²) < 4.78 is 5.94. The Labute approximate surface area is 149 Å². The molecule has 2 nitrogen and oxygen atoms in total. The summed E-state index contributed by atoms with van der Waals surface area (Å²) in [5.74, 6) is 7.31. The summed E-state index contributed by atoms with van der Waals surface area (Å²) in [6, 6.07) is 1.09. The van der Waals surface area contributed by atoms with Crippen molar-refractivity contribution in [2.24, 2.45) is 53.3 Å². The standard InChI is InChI=1S/C21H36O2Si/c1-11(10-24(4,5)6)23-21(22)18-8-14-7-17(18)20-16-9-15(19(14)20)12(2)13(16)3/h11-20H,7-10H2,1-6H3. The molecule has 4 bridgehead atoms. The monoisotopic (exact) mass is 348 g/mol. The van der Waals surface area contributed by atoms with E-state index >= 15 is 0 Å². The molecule has 4 aliphatic carbocycles. The Morgan fingerprint density at radius 2 is 1.62 bits per heavy atom. The second kappa shape index (κ2) is 5.59. The highest BCUT2D eigenvalue weighted by atomic mass is 28.3. The molecule has 0 N–H and O–H groups in total. The molecule has 3 heteroatoms. The van der Waals surface area contributed by atoms with Gasteiger partial charge in [-0.25, -0.2) is 0 Å². The van der Waals surface area contributed by atoms with Crippen LogP contribution >= 0.6 is 0 Å². The van der Waals surface area contributed by atoms with E-state index in [1.165, 1.54) is 12.8 Å². The smallest absolute Gasteiger partial charge is 0.309 e. The van der Waals surface area contributed by atoms with Crippen molar-refractivity contribution in [1.29, 1.82) is 0 Å². The molecule has 10 atom stereocenters. The average Bonchev–Trinajstić information content (AvgIpc) is 3.16. The summed E-state index contributed by atoms with van der Waals surface area (Å²) in [4.78, 5) is 12.9. The fourth-order valence-corrected chi connectivity index (χ4v) is 9.50.